The molecule has 0 aromatic heterocycles. The molecule has 0 atom stereocenters. The molecule has 0 saturated carbocycles. The Kier molecular flexibility index (Phi) is 3.17. The summed E-state index contributed by atoms with van der Waals surface area (Å²) in [4.78, 5) is 0. The van der Waals surface area contributed by atoms with Gasteiger partial charge in [-0.25, -0.2) is 0 Å². The molecule has 0 aliphatic carbocycles. The summed E-state index contributed by atoms with van der Waals surface area (Å²) < 4.78 is 6.59. The normalized spacial score (nSPS) is 9.73. The van der Waals surface area contributed by atoms with Crippen molar-refractivity contribution in [1.82, 2.24) is 0 Å². The summed E-state index contributed by atoms with van der Waals surface area (Å²) in [5.74, 6) is 0.969. The summed E-state index contributed by atoms with van der Waals surface area (Å²) in [7, 11) is 0. The van der Waals surface area contributed by atoms with E-state index in [0.29, 0.717) is 0 Å². The zero-order chi connectivity index (χ0) is 8.27. The van der Waals surface area contributed by atoms with Gasteiger partial charge in [0.25, 0.3) is 0 Å². The molecular weight excluding hydrogens is 251 g/mol. The highest BCUT2D eigenvalue weighted by Crippen LogP contribution is 2.17. The summed E-state index contributed by atoms with van der Waals surface area (Å²) in [6.45, 7) is 4.80. The van der Waals surface area contributed by atoms with E-state index in [9.17, 15) is 0 Å². The quantitative estimate of drug-likeness (QED) is 0.744. The Hall–Kier alpha value is -0.250. The highest BCUT2D eigenvalue weighted by molar-refractivity contribution is 14.1. The molecule has 2 heteroatoms. The first-order chi connectivity index (χ1) is 5.22. The zero-order valence-corrected chi connectivity index (χ0v) is 8.88. The van der Waals surface area contributed by atoms with Gasteiger partial charge >= 0.3 is 0 Å². The van der Waals surface area contributed by atoms with Crippen molar-refractivity contribution in [3.05, 3.63) is 27.3 Å². The molecule has 0 aliphatic heterocycles. The van der Waals surface area contributed by atoms with Crippen LogP contribution in [-0.2, 0) is 0 Å². The fourth-order valence-corrected chi connectivity index (χ4v) is 1.75. The van der Waals surface area contributed by atoms with E-state index in [1.807, 2.05) is 19.1 Å². The Morgan fingerprint density at radius 2 is 2.09 bits per heavy atom. The van der Waals surface area contributed by atoms with Crippen LogP contribution in [0.5, 0.6) is 5.75 Å². The molecule has 0 N–H and O–H groups in total. The average Bonchev–Trinajstić information content (AvgIpc) is 1.85. The lowest BCUT2D eigenvalue weighted by Crippen LogP contribution is -1.91. The van der Waals surface area contributed by atoms with Gasteiger partial charge in [0.05, 0.1) is 6.61 Å². The predicted molar refractivity (Wildman–Crippen MR) is 55.1 cm³/mol. The minimum Gasteiger partial charge on any atom is -0.494 e. The third kappa shape index (κ3) is 2.69. The third-order valence-corrected chi connectivity index (χ3v) is 1.95. The molecule has 11 heavy (non-hydrogen) atoms. The first kappa shape index (κ1) is 8.84. The molecule has 0 bridgehead atoms. The van der Waals surface area contributed by atoms with Crippen molar-refractivity contribution in [1.29, 1.82) is 0 Å². The first-order valence-corrected chi connectivity index (χ1v) is 4.70. The van der Waals surface area contributed by atoms with E-state index in [-0.39, 0.29) is 0 Å². The van der Waals surface area contributed by atoms with E-state index in [4.69, 9.17) is 4.74 Å². The second-order valence-electron chi connectivity index (χ2n) is 2.40. The molecule has 1 rings (SSSR count). The lowest BCUT2D eigenvalue weighted by Gasteiger charge is -2.03. The van der Waals surface area contributed by atoms with Gasteiger partial charge in [0.1, 0.15) is 5.75 Å². The van der Waals surface area contributed by atoms with E-state index in [1.165, 1.54) is 9.13 Å². The summed E-state index contributed by atoms with van der Waals surface area (Å²) in [6, 6.07) is 6.21. The molecule has 0 spiro atoms. The summed E-state index contributed by atoms with van der Waals surface area (Å²) >= 11 is 2.29. The van der Waals surface area contributed by atoms with Gasteiger partial charge in [0, 0.05) is 3.57 Å². The number of halogens is 1. The fourth-order valence-electron chi connectivity index (χ4n) is 0.953. The van der Waals surface area contributed by atoms with Gasteiger partial charge in [0.15, 0.2) is 0 Å². The zero-order valence-electron chi connectivity index (χ0n) is 6.73. The SMILES string of the molecule is CCOc1cc(C)cc(I)c1. The van der Waals surface area contributed by atoms with Crippen LogP contribution in [0.3, 0.4) is 0 Å². The molecule has 0 saturated heterocycles. The molecule has 1 aromatic carbocycles. The van der Waals surface area contributed by atoms with Gasteiger partial charge < -0.3 is 4.74 Å². The van der Waals surface area contributed by atoms with Gasteiger partial charge in [-0.15, -0.1) is 0 Å². The molecule has 1 aromatic rings. The van der Waals surface area contributed by atoms with Gasteiger partial charge in [0.2, 0.25) is 0 Å². The lowest BCUT2D eigenvalue weighted by molar-refractivity contribution is 0.340. The minimum absolute atomic E-state index is 0.736. The van der Waals surface area contributed by atoms with E-state index in [2.05, 4.69) is 35.6 Å². The molecule has 0 radical (unpaired) electrons. The van der Waals surface area contributed by atoms with Crippen molar-refractivity contribution in [2.24, 2.45) is 0 Å². The van der Waals surface area contributed by atoms with Crippen molar-refractivity contribution in [3.63, 3.8) is 0 Å². The second kappa shape index (κ2) is 3.95. The van der Waals surface area contributed by atoms with Crippen LogP contribution in [0.4, 0.5) is 0 Å². The monoisotopic (exact) mass is 262 g/mol. The van der Waals surface area contributed by atoms with Crippen LogP contribution in [0.25, 0.3) is 0 Å². The van der Waals surface area contributed by atoms with Crippen molar-refractivity contribution in [3.8, 4) is 5.75 Å². The van der Waals surface area contributed by atoms with Gasteiger partial charge in [-0.2, -0.15) is 0 Å². The molecule has 0 fully saturated rings. The Morgan fingerprint density at radius 3 is 2.64 bits per heavy atom. The van der Waals surface area contributed by atoms with Crippen LogP contribution in [-0.4, -0.2) is 6.61 Å². The minimum atomic E-state index is 0.736. The molecule has 0 unspecified atom stereocenters. The summed E-state index contributed by atoms with van der Waals surface area (Å²) in [6.07, 6.45) is 0. The van der Waals surface area contributed by atoms with Crippen LogP contribution < -0.4 is 4.74 Å². The van der Waals surface area contributed by atoms with E-state index < -0.39 is 0 Å². The van der Waals surface area contributed by atoms with Gasteiger partial charge in [-0.05, 0) is 60.2 Å². The lowest BCUT2D eigenvalue weighted by atomic mass is 10.2. The molecular formula is C9H11IO. The maximum atomic E-state index is 5.36. The van der Waals surface area contributed by atoms with Crippen molar-refractivity contribution in [2.45, 2.75) is 13.8 Å². The highest BCUT2D eigenvalue weighted by Gasteiger charge is 1.94. The first-order valence-electron chi connectivity index (χ1n) is 3.62. The van der Waals surface area contributed by atoms with E-state index in [0.717, 1.165) is 12.4 Å². The molecule has 0 aliphatic rings. The van der Waals surface area contributed by atoms with E-state index >= 15 is 0 Å². The van der Waals surface area contributed by atoms with Crippen LogP contribution in [0, 0.1) is 10.5 Å². The number of hydrogen-bond donors (Lipinski definition) is 0. The van der Waals surface area contributed by atoms with E-state index in [1.54, 1.807) is 0 Å². The molecule has 1 nitrogen and oxygen atoms in total. The van der Waals surface area contributed by atoms with Crippen LogP contribution in [0.2, 0.25) is 0 Å². The highest BCUT2D eigenvalue weighted by atomic mass is 127. The Labute approximate surface area is 80.9 Å². The Bertz CT molecular complexity index is 225. The van der Waals surface area contributed by atoms with Crippen molar-refractivity contribution in [2.75, 3.05) is 6.61 Å². The van der Waals surface area contributed by atoms with Crippen LogP contribution in [0.1, 0.15) is 12.5 Å². The predicted octanol–water partition coefficient (Wildman–Crippen LogP) is 3.00. The molecule has 60 valence electrons. The third-order valence-electron chi connectivity index (χ3n) is 1.33. The average molecular weight is 262 g/mol. The van der Waals surface area contributed by atoms with Gasteiger partial charge in [-0.3, -0.25) is 0 Å². The number of benzene rings is 1. The van der Waals surface area contributed by atoms with Crippen molar-refractivity contribution < 1.29 is 4.74 Å². The Balaban J connectivity index is 2.89. The number of aryl methyl sites for hydroxylation is 1. The maximum Gasteiger partial charge on any atom is 0.120 e. The maximum absolute atomic E-state index is 5.36. The number of rotatable bonds is 2. The largest absolute Gasteiger partial charge is 0.494 e. The smallest absolute Gasteiger partial charge is 0.120 e. The van der Waals surface area contributed by atoms with Gasteiger partial charge in [-0.1, -0.05) is 0 Å². The number of hydrogen-bond acceptors (Lipinski definition) is 1. The summed E-state index contributed by atoms with van der Waals surface area (Å²) in [5.41, 5.74) is 1.25. The summed E-state index contributed by atoms with van der Waals surface area (Å²) in [5, 5.41) is 0. The van der Waals surface area contributed by atoms with Crippen LogP contribution in [0.15, 0.2) is 18.2 Å². The molecule has 0 amide bonds. The standard InChI is InChI=1S/C9H11IO/c1-3-11-9-5-7(2)4-8(10)6-9/h4-6H,3H2,1-2H3. The molecule has 0 heterocycles. The van der Waals surface area contributed by atoms with Crippen LogP contribution >= 0.6 is 22.6 Å². The topological polar surface area (TPSA) is 9.23 Å². The van der Waals surface area contributed by atoms with Crippen molar-refractivity contribution >= 4 is 22.6 Å². The number of ether oxygens (including phenoxy) is 1. The fraction of sp³-hybridized carbons (Fsp3) is 0.333. The second-order valence-corrected chi connectivity index (χ2v) is 3.64. The Morgan fingerprint density at radius 1 is 1.36 bits per heavy atom.